The van der Waals surface area contributed by atoms with Crippen molar-refractivity contribution >= 4 is 23.5 Å². The van der Waals surface area contributed by atoms with Gasteiger partial charge in [-0.1, -0.05) is 35.9 Å². The highest BCUT2D eigenvalue weighted by Crippen LogP contribution is 2.24. The van der Waals surface area contributed by atoms with E-state index in [1.165, 1.54) is 12.6 Å². The third-order valence-electron chi connectivity index (χ3n) is 4.05. The zero-order chi connectivity index (χ0) is 16.8. The monoisotopic (exact) mass is 336 g/mol. The summed E-state index contributed by atoms with van der Waals surface area (Å²) in [7, 11) is 1.39. The van der Waals surface area contributed by atoms with E-state index in [2.05, 4.69) is 5.32 Å². The Morgan fingerprint density at radius 2 is 2.26 bits per heavy atom. The van der Waals surface area contributed by atoms with Crippen molar-refractivity contribution < 1.29 is 14.3 Å². The van der Waals surface area contributed by atoms with E-state index in [1.807, 2.05) is 24.0 Å². The van der Waals surface area contributed by atoms with Gasteiger partial charge in [0, 0.05) is 24.7 Å². The molecule has 0 aromatic carbocycles. The van der Waals surface area contributed by atoms with Crippen LogP contribution in [0.1, 0.15) is 13.3 Å². The summed E-state index contributed by atoms with van der Waals surface area (Å²) < 4.78 is 4.96. The van der Waals surface area contributed by atoms with Crippen molar-refractivity contribution in [1.29, 1.82) is 0 Å². The van der Waals surface area contributed by atoms with Gasteiger partial charge in [-0.05, 0) is 24.5 Å². The number of nitrogens with zero attached hydrogens (tertiary/aromatic N) is 1. The van der Waals surface area contributed by atoms with Gasteiger partial charge >= 0.3 is 5.97 Å². The van der Waals surface area contributed by atoms with E-state index in [-0.39, 0.29) is 17.9 Å². The molecule has 124 valence electrons. The number of esters is 1. The number of likely N-dealkylation sites (tertiary alicyclic amines) is 1. The first-order valence-electron chi connectivity index (χ1n) is 7.50. The van der Waals surface area contributed by atoms with E-state index in [0.717, 1.165) is 24.1 Å². The molecule has 1 N–H and O–H groups in total. The summed E-state index contributed by atoms with van der Waals surface area (Å²) in [5.41, 5.74) is 3.33. The van der Waals surface area contributed by atoms with Crippen molar-refractivity contribution in [2.75, 3.05) is 20.2 Å². The van der Waals surface area contributed by atoms with Crippen LogP contribution < -0.4 is 5.32 Å². The summed E-state index contributed by atoms with van der Waals surface area (Å²) in [5, 5.41) is 2.92. The number of allylic oxidation sites excluding steroid dienone is 4. The SMILES string of the molecule is COC(=O)C(/C(C)=C/C=C\C=C\Cl)N1CCC2NC(=O)C=C2C1. The number of halogens is 1. The van der Waals surface area contributed by atoms with Crippen LogP contribution in [0.4, 0.5) is 0 Å². The predicted octanol–water partition coefficient (Wildman–Crippen LogP) is 1.91. The number of ether oxygens (including phenoxy) is 1. The van der Waals surface area contributed by atoms with E-state index in [0.29, 0.717) is 6.54 Å². The zero-order valence-corrected chi connectivity index (χ0v) is 14.0. The van der Waals surface area contributed by atoms with E-state index in [9.17, 15) is 9.59 Å². The van der Waals surface area contributed by atoms with Gasteiger partial charge in [-0.15, -0.1) is 0 Å². The van der Waals surface area contributed by atoms with Crippen molar-refractivity contribution in [1.82, 2.24) is 10.2 Å². The van der Waals surface area contributed by atoms with Crippen LogP contribution >= 0.6 is 11.6 Å². The first kappa shape index (κ1) is 17.5. The second-order valence-corrected chi connectivity index (χ2v) is 5.83. The minimum atomic E-state index is -0.456. The molecule has 2 unspecified atom stereocenters. The second kappa shape index (κ2) is 8.13. The Bertz CT molecular complexity index is 593. The van der Waals surface area contributed by atoms with E-state index < -0.39 is 6.04 Å². The summed E-state index contributed by atoms with van der Waals surface area (Å²) >= 11 is 5.46. The topological polar surface area (TPSA) is 58.6 Å². The normalized spacial score (nSPS) is 23.8. The minimum absolute atomic E-state index is 0.0514. The predicted molar refractivity (Wildman–Crippen MR) is 89.9 cm³/mol. The number of carbonyl (C=O) groups excluding carboxylic acids is 2. The molecule has 0 spiro atoms. The molecule has 2 aliphatic heterocycles. The molecule has 2 aliphatic rings. The number of methoxy groups -OCH3 is 1. The molecule has 1 amide bonds. The van der Waals surface area contributed by atoms with Crippen molar-refractivity contribution in [2.24, 2.45) is 0 Å². The number of carbonyl (C=O) groups is 2. The van der Waals surface area contributed by atoms with Gasteiger partial charge in [0.2, 0.25) is 5.91 Å². The summed E-state index contributed by atoms with van der Waals surface area (Å²) in [6, 6.07) is -0.350. The molecule has 2 atom stereocenters. The maximum absolute atomic E-state index is 12.2. The summed E-state index contributed by atoms with van der Waals surface area (Å²) in [6.07, 6.45) is 9.62. The van der Waals surface area contributed by atoms with Crippen molar-refractivity contribution in [3.05, 3.63) is 47.1 Å². The van der Waals surface area contributed by atoms with Crippen LogP contribution in [0, 0.1) is 0 Å². The number of hydrogen-bond acceptors (Lipinski definition) is 4. The summed E-state index contributed by atoms with van der Waals surface area (Å²) in [4.78, 5) is 25.8. The number of hydrogen-bond donors (Lipinski definition) is 1. The first-order chi connectivity index (χ1) is 11.1. The van der Waals surface area contributed by atoms with Gasteiger partial charge in [-0.3, -0.25) is 14.5 Å². The van der Waals surface area contributed by atoms with Gasteiger partial charge in [-0.25, -0.2) is 0 Å². The second-order valence-electron chi connectivity index (χ2n) is 5.58. The number of fused-ring (bicyclic) bond motifs is 1. The fourth-order valence-corrected chi connectivity index (χ4v) is 3.04. The molecule has 0 bridgehead atoms. The van der Waals surface area contributed by atoms with Crippen molar-refractivity contribution in [2.45, 2.75) is 25.4 Å². The lowest BCUT2D eigenvalue weighted by molar-refractivity contribution is -0.145. The van der Waals surface area contributed by atoms with Crippen molar-refractivity contribution in [3.8, 4) is 0 Å². The first-order valence-corrected chi connectivity index (χ1v) is 7.93. The molecule has 6 heteroatoms. The minimum Gasteiger partial charge on any atom is -0.468 e. The Labute approximate surface area is 141 Å². The smallest absolute Gasteiger partial charge is 0.327 e. The molecule has 0 aromatic heterocycles. The molecular formula is C17H21ClN2O3. The average molecular weight is 337 g/mol. The van der Waals surface area contributed by atoms with E-state index in [1.54, 1.807) is 18.2 Å². The Balaban J connectivity index is 2.17. The molecule has 0 aromatic rings. The van der Waals surface area contributed by atoms with E-state index in [4.69, 9.17) is 16.3 Å². The van der Waals surface area contributed by atoms with Crippen LogP contribution in [0.5, 0.6) is 0 Å². The lowest BCUT2D eigenvalue weighted by Crippen LogP contribution is -2.50. The Hall–Kier alpha value is -1.85. The molecule has 2 rings (SSSR count). The van der Waals surface area contributed by atoms with Gasteiger partial charge in [0.15, 0.2) is 0 Å². The number of rotatable bonds is 5. The van der Waals surface area contributed by atoms with Crippen LogP contribution in [0.15, 0.2) is 47.1 Å². The molecular weight excluding hydrogens is 316 g/mol. The maximum Gasteiger partial charge on any atom is 0.327 e. The summed E-state index contributed by atoms with van der Waals surface area (Å²) in [6.45, 7) is 3.20. The van der Waals surface area contributed by atoms with Crippen LogP contribution in [0.25, 0.3) is 0 Å². The van der Waals surface area contributed by atoms with E-state index >= 15 is 0 Å². The van der Waals surface area contributed by atoms with Crippen LogP contribution in [0.2, 0.25) is 0 Å². The van der Waals surface area contributed by atoms with Crippen molar-refractivity contribution in [3.63, 3.8) is 0 Å². The van der Waals surface area contributed by atoms with Crippen LogP contribution in [-0.4, -0.2) is 49.1 Å². The molecule has 0 saturated carbocycles. The standard InChI is InChI=1S/C17H21ClN2O3/c1-12(6-4-3-5-8-18)16(17(22)23-2)20-9-7-14-13(11-20)10-15(21)19-14/h3-6,8,10,14,16H,7,9,11H2,1-2H3,(H,19,21)/b4-3-,8-5+,12-6+. The Morgan fingerprint density at radius 3 is 2.96 bits per heavy atom. The average Bonchev–Trinajstić information content (AvgIpc) is 2.91. The van der Waals surface area contributed by atoms with Gasteiger partial charge in [0.05, 0.1) is 13.2 Å². The van der Waals surface area contributed by atoms with Gasteiger partial charge < -0.3 is 10.1 Å². The lowest BCUT2D eigenvalue weighted by Gasteiger charge is -2.36. The number of nitrogens with one attached hydrogen (secondary N) is 1. The molecule has 1 fully saturated rings. The van der Waals surface area contributed by atoms with Gasteiger partial charge in [0.25, 0.3) is 0 Å². The largest absolute Gasteiger partial charge is 0.468 e. The fourth-order valence-electron chi connectivity index (χ4n) is 2.96. The molecule has 5 nitrogen and oxygen atoms in total. The van der Waals surface area contributed by atoms with Gasteiger partial charge in [-0.2, -0.15) is 0 Å². The van der Waals surface area contributed by atoms with Crippen LogP contribution in [0.3, 0.4) is 0 Å². The third-order valence-corrected chi connectivity index (χ3v) is 4.19. The summed E-state index contributed by atoms with van der Waals surface area (Å²) in [5.74, 6) is -0.346. The number of amides is 1. The zero-order valence-electron chi connectivity index (χ0n) is 13.3. The molecule has 2 heterocycles. The Kier molecular flexibility index (Phi) is 6.19. The highest BCUT2D eigenvalue weighted by molar-refractivity contribution is 6.25. The van der Waals surface area contributed by atoms with Crippen LogP contribution in [-0.2, 0) is 14.3 Å². The highest BCUT2D eigenvalue weighted by Gasteiger charge is 2.36. The fraction of sp³-hybridized carbons (Fsp3) is 0.412. The maximum atomic E-state index is 12.2. The molecule has 0 radical (unpaired) electrons. The van der Waals surface area contributed by atoms with Gasteiger partial charge in [0.1, 0.15) is 6.04 Å². The molecule has 1 saturated heterocycles. The Morgan fingerprint density at radius 1 is 1.48 bits per heavy atom. The lowest BCUT2D eigenvalue weighted by atomic mass is 9.97. The molecule has 0 aliphatic carbocycles. The molecule has 23 heavy (non-hydrogen) atoms. The highest BCUT2D eigenvalue weighted by atomic mass is 35.5. The quantitative estimate of drug-likeness (QED) is 0.615. The third kappa shape index (κ3) is 4.33. The number of piperidine rings is 1.